The lowest BCUT2D eigenvalue weighted by molar-refractivity contribution is -0.386. The van der Waals surface area contributed by atoms with Gasteiger partial charge in [0.1, 0.15) is 11.9 Å². The lowest BCUT2D eigenvalue weighted by Crippen LogP contribution is -2.25. The first-order valence-electron chi connectivity index (χ1n) is 5.38. The third kappa shape index (κ3) is 2.85. The SMILES string of the molecule is O=[N+]([O-])c1cc(OC2CCOCC2)ccc1O. The van der Waals surface area contributed by atoms with E-state index in [1.165, 1.54) is 18.2 Å². The van der Waals surface area contributed by atoms with Crippen LogP contribution >= 0.6 is 0 Å². The zero-order chi connectivity index (χ0) is 12.3. The molecule has 0 unspecified atom stereocenters. The Labute approximate surface area is 97.9 Å². The highest BCUT2D eigenvalue weighted by Gasteiger charge is 2.18. The highest BCUT2D eigenvalue weighted by atomic mass is 16.6. The van der Waals surface area contributed by atoms with E-state index in [-0.39, 0.29) is 17.5 Å². The number of benzene rings is 1. The average molecular weight is 239 g/mol. The minimum Gasteiger partial charge on any atom is -0.502 e. The number of rotatable bonds is 3. The summed E-state index contributed by atoms with van der Waals surface area (Å²) in [6, 6.07) is 4.04. The fourth-order valence-corrected chi connectivity index (χ4v) is 1.71. The molecule has 1 aliphatic rings. The van der Waals surface area contributed by atoms with Crippen LogP contribution in [0.4, 0.5) is 5.69 Å². The van der Waals surface area contributed by atoms with Crippen molar-refractivity contribution in [3.8, 4) is 11.5 Å². The van der Waals surface area contributed by atoms with Gasteiger partial charge in [0.05, 0.1) is 24.2 Å². The van der Waals surface area contributed by atoms with Crippen molar-refractivity contribution in [1.29, 1.82) is 0 Å². The van der Waals surface area contributed by atoms with Gasteiger partial charge in [-0.05, 0) is 12.1 Å². The summed E-state index contributed by atoms with van der Waals surface area (Å²) >= 11 is 0. The highest BCUT2D eigenvalue weighted by molar-refractivity contribution is 5.49. The van der Waals surface area contributed by atoms with Crippen LogP contribution in [0.2, 0.25) is 0 Å². The Morgan fingerprint density at radius 3 is 2.76 bits per heavy atom. The van der Waals surface area contributed by atoms with Gasteiger partial charge in [-0.3, -0.25) is 10.1 Å². The summed E-state index contributed by atoms with van der Waals surface area (Å²) in [4.78, 5) is 10.0. The lowest BCUT2D eigenvalue weighted by atomic mass is 10.1. The smallest absolute Gasteiger partial charge is 0.314 e. The fraction of sp³-hybridized carbons (Fsp3) is 0.455. The van der Waals surface area contributed by atoms with Crippen LogP contribution in [0.25, 0.3) is 0 Å². The topological polar surface area (TPSA) is 81.8 Å². The molecule has 2 rings (SSSR count). The quantitative estimate of drug-likeness (QED) is 0.643. The van der Waals surface area contributed by atoms with Gasteiger partial charge in [0.15, 0.2) is 5.75 Å². The van der Waals surface area contributed by atoms with Crippen molar-refractivity contribution < 1.29 is 19.5 Å². The van der Waals surface area contributed by atoms with E-state index in [9.17, 15) is 15.2 Å². The van der Waals surface area contributed by atoms with Crippen LogP contribution in [-0.2, 0) is 4.74 Å². The number of ether oxygens (including phenoxy) is 2. The summed E-state index contributed by atoms with van der Waals surface area (Å²) in [6.45, 7) is 1.29. The predicted octanol–water partition coefficient (Wildman–Crippen LogP) is 1.86. The van der Waals surface area contributed by atoms with Gasteiger partial charge in [-0.1, -0.05) is 0 Å². The first-order valence-corrected chi connectivity index (χ1v) is 5.38. The van der Waals surface area contributed by atoms with Crippen LogP contribution in [-0.4, -0.2) is 29.3 Å². The molecule has 0 bridgehead atoms. The van der Waals surface area contributed by atoms with Gasteiger partial charge < -0.3 is 14.6 Å². The maximum absolute atomic E-state index is 10.6. The number of hydrogen-bond donors (Lipinski definition) is 1. The molecule has 0 radical (unpaired) electrons. The van der Waals surface area contributed by atoms with E-state index in [1.54, 1.807) is 0 Å². The zero-order valence-electron chi connectivity index (χ0n) is 9.17. The van der Waals surface area contributed by atoms with E-state index >= 15 is 0 Å². The summed E-state index contributed by atoms with van der Waals surface area (Å²) in [5.74, 6) is 0.0516. The van der Waals surface area contributed by atoms with Gasteiger partial charge in [0.25, 0.3) is 0 Å². The Bertz CT molecular complexity index is 414. The number of nitro benzene ring substituents is 1. The second kappa shape index (κ2) is 5.01. The molecule has 0 saturated carbocycles. The molecule has 1 aliphatic heterocycles. The number of phenols is 1. The molecular weight excluding hydrogens is 226 g/mol. The Balaban J connectivity index is 2.10. The summed E-state index contributed by atoms with van der Waals surface area (Å²) in [7, 11) is 0. The van der Waals surface area contributed by atoms with Crippen LogP contribution < -0.4 is 4.74 Å². The molecule has 0 atom stereocenters. The molecule has 17 heavy (non-hydrogen) atoms. The number of nitrogens with zero attached hydrogens (tertiary/aromatic N) is 1. The molecule has 1 aromatic rings. The van der Waals surface area contributed by atoms with E-state index in [0.29, 0.717) is 19.0 Å². The number of nitro groups is 1. The third-order valence-electron chi connectivity index (χ3n) is 2.61. The molecule has 0 spiro atoms. The molecule has 1 saturated heterocycles. The minimum atomic E-state index is -0.633. The third-order valence-corrected chi connectivity index (χ3v) is 2.61. The second-order valence-electron chi connectivity index (χ2n) is 3.84. The summed E-state index contributed by atoms with van der Waals surface area (Å²) in [5.41, 5.74) is -0.338. The van der Waals surface area contributed by atoms with Crippen LogP contribution in [0.1, 0.15) is 12.8 Å². The van der Waals surface area contributed by atoms with Gasteiger partial charge in [0.2, 0.25) is 0 Å². The molecule has 92 valence electrons. The molecule has 6 heteroatoms. The standard InChI is InChI=1S/C11H13NO5/c13-11-2-1-9(7-10(11)12(14)15)17-8-3-5-16-6-4-8/h1-2,7-8,13H,3-6H2. The highest BCUT2D eigenvalue weighted by Crippen LogP contribution is 2.30. The predicted molar refractivity (Wildman–Crippen MR) is 59.2 cm³/mol. The Morgan fingerprint density at radius 2 is 2.12 bits per heavy atom. The van der Waals surface area contributed by atoms with Crippen LogP contribution in [0, 0.1) is 10.1 Å². The molecule has 1 N–H and O–H groups in total. The van der Waals surface area contributed by atoms with E-state index < -0.39 is 4.92 Å². The molecule has 6 nitrogen and oxygen atoms in total. The Hall–Kier alpha value is -1.82. The van der Waals surface area contributed by atoms with Crippen molar-refractivity contribution in [2.24, 2.45) is 0 Å². The molecule has 1 heterocycles. The number of hydrogen-bond acceptors (Lipinski definition) is 5. The molecule has 1 fully saturated rings. The monoisotopic (exact) mass is 239 g/mol. The largest absolute Gasteiger partial charge is 0.502 e. The van der Waals surface area contributed by atoms with Crippen LogP contribution in [0.3, 0.4) is 0 Å². The van der Waals surface area contributed by atoms with E-state index in [2.05, 4.69) is 0 Å². The summed E-state index contributed by atoms with van der Waals surface area (Å²) in [6.07, 6.45) is 1.57. The van der Waals surface area contributed by atoms with Crippen molar-refractivity contribution in [2.75, 3.05) is 13.2 Å². The van der Waals surface area contributed by atoms with Crippen molar-refractivity contribution in [3.05, 3.63) is 28.3 Å². The van der Waals surface area contributed by atoms with E-state index in [4.69, 9.17) is 9.47 Å². The molecule has 0 aromatic heterocycles. The van der Waals surface area contributed by atoms with E-state index in [1.807, 2.05) is 0 Å². The summed E-state index contributed by atoms with van der Waals surface area (Å²) < 4.78 is 10.8. The molecule has 0 aliphatic carbocycles. The van der Waals surface area contributed by atoms with Gasteiger partial charge in [-0.2, -0.15) is 0 Å². The number of phenolic OH excluding ortho intramolecular Hbond substituents is 1. The normalized spacial score (nSPS) is 16.7. The molecule has 0 amide bonds. The van der Waals surface area contributed by atoms with Gasteiger partial charge in [0, 0.05) is 12.8 Å². The van der Waals surface area contributed by atoms with Gasteiger partial charge in [-0.15, -0.1) is 0 Å². The first kappa shape index (κ1) is 11.7. The van der Waals surface area contributed by atoms with Crippen molar-refractivity contribution >= 4 is 5.69 Å². The maximum atomic E-state index is 10.6. The Kier molecular flexibility index (Phi) is 3.43. The van der Waals surface area contributed by atoms with Crippen LogP contribution in [0.15, 0.2) is 18.2 Å². The fourth-order valence-electron chi connectivity index (χ4n) is 1.71. The lowest BCUT2D eigenvalue weighted by Gasteiger charge is -2.23. The maximum Gasteiger partial charge on any atom is 0.314 e. The summed E-state index contributed by atoms with van der Waals surface area (Å²) in [5, 5.41) is 19.9. The van der Waals surface area contributed by atoms with Gasteiger partial charge >= 0.3 is 5.69 Å². The molecule has 1 aromatic carbocycles. The Morgan fingerprint density at radius 1 is 1.41 bits per heavy atom. The first-order chi connectivity index (χ1) is 8.16. The number of aromatic hydroxyl groups is 1. The minimum absolute atomic E-state index is 0.0212. The van der Waals surface area contributed by atoms with Crippen molar-refractivity contribution in [1.82, 2.24) is 0 Å². The second-order valence-corrected chi connectivity index (χ2v) is 3.84. The van der Waals surface area contributed by atoms with Crippen molar-refractivity contribution in [2.45, 2.75) is 18.9 Å². The van der Waals surface area contributed by atoms with Gasteiger partial charge in [-0.25, -0.2) is 0 Å². The van der Waals surface area contributed by atoms with Crippen LogP contribution in [0.5, 0.6) is 11.5 Å². The van der Waals surface area contributed by atoms with Crippen molar-refractivity contribution in [3.63, 3.8) is 0 Å². The average Bonchev–Trinajstić information content (AvgIpc) is 2.32. The molecular formula is C11H13NO5. The van der Waals surface area contributed by atoms with E-state index in [0.717, 1.165) is 12.8 Å². The zero-order valence-corrected chi connectivity index (χ0v) is 9.17.